The van der Waals surface area contributed by atoms with Crippen LogP contribution in [0.2, 0.25) is 0 Å². The number of carbonyl (C=O) groups is 1. The van der Waals surface area contributed by atoms with Gasteiger partial charge < -0.3 is 9.64 Å². The van der Waals surface area contributed by atoms with Crippen molar-refractivity contribution in [2.24, 2.45) is 0 Å². The first-order valence-electron chi connectivity index (χ1n) is 6.56. The van der Waals surface area contributed by atoms with Crippen LogP contribution in [0.1, 0.15) is 15.9 Å². The van der Waals surface area contributed by atoms with Crippen molar-refractivity contribution in [3.05, 3.63) is 59.2 Å². The van der Waals surface area contributed by atoms with Crippen LogP contribution in [0.4, 0.5) is 14.5 Å². The number of hydrogen-bond acceptors (Lipinski definition) is 2. The lowest BCUT2D eigenvalue weighted by molar-refractivity contribution is 0.0972. The van der Waals surface area contributed by atoms with Gasteiger partial charge >= 0.3 is 0 Å². The van der Waals surface area contributed by atoms with E-state index < -0.39 is 17.5 Å². The van der Waals surface area contributed by atoms with Crippen LogP contribution in [0.3, 0.4) is 0 Å². The number of amides is 1. The SMILES string of the molecule is Cc1ccc2c(c1)OCCN2C(=O)c1cc(F)ccc1F. The molecule has 108 valence electrons. The van der Waals surface area contributed by atoms with Crippen molar-refractivity contribution in [2.75, 3.05) is 18.1 Å². The molecule has 0 bridgehead atoms. The van der Waals surface area contributed by atoms with Crippen LogP contribution >= 0.6 is 0 Å². The summed E-state index contributed by atoms with van der Waals surface area (Å²) in [6, 6.07) is 8.27. The number of carbonyl (C=O) groups excluding carboxylic acids is 1. The van der Waals surface area contributed by atoms with Gasteiger partial charge in [-0.3, -0.25) is 4.79 Å². The van der Waals surface area contributed by atoms with Crippen molar-refractivity contribution in [2.45, 2.75) is 6.92 Å². The summed E-state index contributed by atoms with van der Waals surface area (Å²) in [5.74, 6) is -1.37. The summed E-state index contributed by atoms with van der Waals surface area (Å²) in [5.41, 5.74) is 1.30. The fraction of sp³-hybridized carbons (Fsp3) is 0.188. The van der Waals surface area contributed by atoms with E-state index in [0.717, 1.165) is 23.8 Å². The quantitative estimate of drug-likeness (QED) is 0.806. The molecule has 0 aromatic heterocycles. The molecule has 2 aromatic rings. The van der Waals surface area contributed by atoms with Crippen LogP contribution in [0.5, 0.6) is 5.75 Å². The maximum absolute atomic E-state index is 13.8. The molecule has 1 aliphatic rings. The fourth-order valence-corrected chi connectivity index (χ4v) is 2.35. The summed E-state index contributed by atoms with van der Waals surface area (Å²) in [4.78, 5) is 13.9. The molecule has 21 heavy (non-hydrogen) atoms. The Bertz CT molecular complexity index is 715. The Hall–Kier alpha value is -2.43. The van der Waals surface area contributed by atoms with Crippen molar-refractivity contribution < 1.29 is 18.3 Å². The fourth-order valence-electron chi connectivity index (χ4n) is 2.35. The zero-order chi connectivity index (χ0) is 15.0. The average Bonchev–Trinajstić information content (AvgIpc) is 2.48. The van der Waals surface area contributed by atoms with Gasteiger partial charge in [0, 0.05) is 0 Å². The molecule has 0 unspecified atom stereocenters. The lowest BCUT2D eigenvalue weighted by Gasteiger charge is -2.30. The van der Waals surface area contributed by atoms with Gasteiger partial charge in [0.15, 0.2) is 0 Å². The zero-order valence-corrected chi connectivity index (χ0v) is 11.4. The molecular weight excluding hydrogens is 276 g/mol. The second-order valence-electron chi connectivity index (χ2n) is 4.90. The second-order valence-corrected chi connectivity index (χ2v) is 4.90. The zero-order valence-electron chi connectivity index (χ0n) is 11.4. The number of nitrogens with zero attached hydrogens (tertiary/aromatic N) is 1. The maximum atomic E-state index is 13.8. The van der Waals surface area contributed by atoms with Crippen LogP contribution in [-0.2, 0) is 0 Å². The molecule has 5 heteroatoms. The molecule has 2 aromatic carbocycles. The van der Waals surface area contributed by atoms with Crippen molar-refractivity contribution in [3.63, 3.8) is 0 Å². The highest BCUT2D eigenvalue weighted by Crippen LogP contribution is 2.33. The van der Waals surface area contributed by atoms with Gasteiger partial charge in [-0.1, -0.05) is 6.07 Å². The van der Waals surface area contributed by atoms with Gasteiger partial charge in [0.25, 0.3) is 5.91 Å². The first-order valence-corrected chi connectivity index (χ1v) is 6.56. The molecule has 0 radical (unpaired) electrons. The third kappa shape index (κ3) is 2.46. The van der Waals surface area contributed by atoms with Gasteiger partial charge in [-0.05, 0) is 42.8 Å². The lowest BCUT2D eigenvalue weighted by atomic mass is 10.1. The van der Waals surface area contributed by atoms with Crippen LogP contribution in [0.25, 0.3) is 0 Å². The molecule has 3 rings (SSSR count). The summed E-state index contributed by atoms with van der Waals surface area (Å²) in [5, 5.41) is 0. The number of benzene rings is 2. The van der Waals surface area contributed by atoms with Crippen LogP contribution < -0.4 is 9.64 Å². The summed E-state index contributed by atoms with van der Waals surface area (Å²) in [7, 11) is 0. The lowest BCUT2D eigenvalue weighted by Crippen LogP contribution is -2.38. The van der Waals surface area contributed by atoms with E-state index in [1.807, 2.05) is 19.1 Å². The molecule has 0 aliphatic carbocycles. The summed E-state index contributed by atoms with van der Waals surface area (Å²) < 4.78 is 32.5. The molecule has 3 nitrogen and oxygen atoms in total. The third-order valence-electron chi connectivity index (χ3n) is 3.38. The van der Waals surface area contributed by atoms with Gasteiger partial charge in [-0.25, -0.2) is 8.78 Å². The number of anilines is 1. The van der Waals surface area contributed by atoms with Crippen LogP contribution in [0.15, 0.2) is 36.4 Å². The molecule has 0 atom stereocenters. The average molecular weight is 289 g/mol. The van der Waals surface area contributed by atoms with E-state index in [1.165, 1.54) is 4.90 Å². The van der Waals surface area contributed by atoms with Gasteiger partial charge in [-0.15, -0.1) is 0 Å². The molecule has 1 amide bonds. The van der Waals surface area contributed by atoms with E-state index in [-0.39, 0.29) is 5.56 Å². The maximum Gasteiger partial charge on any atom is 0.261 e. The van der Waals surface area contributed by atoms with Crippen molar-refractivity contribution in [1.82, 2.24) is 0 Å². The minimum absolute atomic E-state index is 0.275. The van der Waals surface area contributed by atoms with Crippen LogP contribution in [0, 0.1) is 18.6 Å². The van der Waals surface area contributed by atoms with E-state index in [1.54, 1.807) is 6.07 Å². The van der Waals surface area contributed by atoms with Gasteiger partial charge in [0.2, 0.25) is 0 Å². The Morgan fingerprint density at radius 2 is 2.00 bits per heavy atom. The van der Waals surface area contributed by atoms with E-state index in [2.05, 4.69) is 0 Å². The second kappa shape index (κ2) is 5.16. The standard InChI is InChI=1S/C16H13F2NO2/c1-10-2-5-14-15(8-10)21-7-6-19(14)16(20)12-9-11(17)3-4-13(12)18/h2-5,8-9H,6-7H2,1H3. The van der Waals surface area contributed by atoms with Crippen molar-refractivity contribution in [3.8, 4) is 5.75 Å². The number of ether oxygens (including phenoxy) is 1. The van der Waals surface area contributed by atoms with E-state index in [4.69, 9.17) is 4.74 Å². The molecular formula is C16H13F2NO2. The van der Waals surface area contributed by atoms with Crippen molar-refractivity contribution in [1.29, 1.82) is 0 Å². The molecule has 0 saturated carbocycles. The van der Waals surface area contributed by atoms with E-state index in [9.17, 15) is 13.6 Å². The molecule has 1 aliphatic heterocycles. The number of aryl methyl sites for hydroxylation is 1. The Kier molecular flexibility index (Phi) is 3.33. The Morgan fingerprint density at radius 3 is 2.81 bits per heavy atom. The summed E-state index contributed by atoms with van der Waals surface area (Å²) in [6.07, 6.45) is 0. The summed E-state index contributed by atoms with van der Waals surface area (Å²) >= 11 is 0. The molecule has 1 heterocycles. The number of fused-ring (bicyclic) bond motifs is 1. The first kappa shape index (κ1) is 13.5. The highest BCUT2D eigenvalue weighted by atomic mass is 19.1. The number of hydrogen-bond donors (Lipinski definition) is 0. The highest BCUT2D eigenvalue weighted by molar-refractivity contribution is 6.07. The third-order valence-corrected chi connectivity index (χ3v) is 3.38. The van der Waals surface area contributed by atoms with E-state index in [0.29, 0.717) is 24.6 Å². The van der Waals surface area contributed by atoms with Gasteiger partial charge in [0.05, 0.1) is 17.8 Å². The molecule has 0 spiro atoms. The monoisotopic (exact) mass is 289 g/mol. The predicted molar refractivity (Wildman–Crippen MR) is 74.7 cm³/mol. The molecule has 0 N–H and O–H groups in total. The molecule has 0 saturated heterocycles. The Labute approximate surface area is 120 Å². The highest BCUT2D eigenvalue weighted by Gasteiger charge is 2.26. The minimum atomic E-state index is -0.735. The smallest absolute Gasteiger partial charge is 0.261 e. The largest absolute Gasteiger partial charge is 0.490 e. The predicted octanol–water partition coefficient (Wildman–Crippen LogP) is 3.31. The summed E-state index contributed by atoms with van der Waals surface area (Å²) in [6.45, 7) is 2.53. The number of halogens is 2. The van der Waals surface area contributed by atoms with Crippen molar-refractivity contribution >= 4 is 11.6 Å². The normalized spacial score (nSPS) is 13.6. The van der Waals surface area contributed by atoms with Crippen LogP contribution in [-0.4, -0.2) is 19.1 Å². The minimum Gasteiger partial charge on any atom is -0.490 e. The van der Waals surface area contributed by atoms with Gasteiger partial charge in [-0.2, -0.15) is 0 Å². The Balaban J connectivity index is 2.02. The topological polar surface area (TPSA) is 29.5 Å². The molecule has 0 fully saturated rings. The van der Waals surface area contributed by atoms with Gasteiger partial charge in [0.1, 0.15) is 24.0 Å². The van der Waals surface area contributed by atoms with E-state index >= 15 is 0 Å². The number of rotatable bonds is 1. The first-order chi connectivity index (χ1) is 10.1. The Morgan fingerprint density at radius 1 is 1.19 bits per heavy atom.